The molecule has 10 nitrogen and oxygen atoms in total. The molecule has 11 heteroatoms. The lowest BCUT2D eigenvalue weighted by molar-refractivity contribution is -0.385. The average Bonchev–Trinajstić information content (AvgIpc) is 3.28. The highest BCUT2D eigenvalue weighted by atomic mass is 32.1. The van der Waals surface area contributed by atoms with E-state index in [0.717, 1.165) is 0 Å². The molecule has 0 aliphatic carbocycles. The minimum atomic E-state index is -0.548. The fourth-order valence-corrected chi connectivity index (χ4v) is 2.41. The molecule has 0 unspecified atom stereocenters. The van der Waals surface area contributed by atoms with Crippen LogP contribution in [0.4, 0.5) is 5.69 Å². The smallest absolute Gasteiger partial charge is 0.311 e. The van der Waals surface area contributed by atoms with Gasteiger partial charge in [0.1, 0.15) is 5.75 Å². The molecule has 0 saturated heterocycles. The SMILES string of the molecule is COc1cc(OC)c([N+](=O)[O-])cc1/C=N\n1c(-c2ccco2)n[nH]c1=S. The highest BCUT2D eigenvalue weighted by Gasteiger charge is 2.19. The zero-order chi connectivity index (χ0) is 18.7. The van der Waals surface area contributed by atoms with E-state index < -0.39 is 4.92 Å². The van der Waals surface area contributed by atoms with Crippen LogP contribution in [0.25, 0.3) is 11.6 Å². The normalized spacial score (nSPS) is 11.0. The fourth-order valence-electron chi connectivity index (χ4n) is 2.23. The number of aromatic amines is 1. The van der Waals surface area contributed by atoms with Crippen molar-refractivity contribution in [2.75, 3.05) is 14.2 Å². The number of hydrogen-bond acceptors (Lipinski definition) is 8. The van der Waals surface area contributed by atoms with E-state index in [4.69, 9.17) is 26.1 Å². The number of furan rings is 1. The molecule has 3 aromatic rings. The van der Waals surface area contributed by atoms with Gasteiger partial charge in [-0.15, -0.1) is 5.10 Å². The van der Waals surface area contributed by atoms with Crippen LogP contribution in [0.1, 0.15) is 5.56 Å². The Hall–Kier alpha value is -3.47. The molecule has 26 heavy (non-hydrogen) atoms. The quantitative estimate of drug-likeness (QED) is 0.304. The molecule has 2 heterocycles. The molecule has 2 aromatic heterocycles. The summed E-state index contributed by atoms with van der Waals surface area (Å²) in [6.45, 7) is 0. The first-order chi connectivity index (χ1) is 12.5. The Morgan fingerprint density at radius 1 is 1.38 bits per heavy atom. The maximum atomic E-state index is 11.2. The van der Waals surface area contributed by atoms with Crippen LogP contribution < -0.4 is 9.47 Å². The van der Waals surface area contributed by atoms with E-state index in [0.29, 0.717) is 22.9 Å². The van der Waals surface area contributed by atoms with Crippen LogP contribution in [0.5, 0.6) is 11.5 Å². The van der Waals surface area contributed by atoms with Gasteiger partial charge in [-0.25, -0.2) is 5.10 Å². The fraction of sp³-hybridized carbons (Fsp3) is 0.133. The van der Waals surface area contributed by atoms with Gasteiger partial charge in [-0.05, 0) is 24.4 Å². The van der Waals surface area contributed by atoms with Gasteiger partial charge in [-0.3, -0.25) is 10.1 Å². The van der Waals surface area contributed by atoms with Gasteiger partial charge >= 0.3 is 5.69 Å². The minimum absolute atomic E-state index is 0.0835. The Balaban J connectivity index is 2.07. The highest BCUT2D eigenvalue weighted by molar-refractivity contribution is 7.71. The first-order valence-electron chi connectivity index (χ1n) is 7.21. The average molecular weight is 375 g/mol. The summed E-state index contributed by atoms with van der Waals surface area (Å²) < 4.78 is 17.1. The number of nitro groups is 1. The Morgan fingerprint density at radius 2 is 2.15 bits per heavy atom. The van der Waals surface area contributed by atoms with Crippen molar-refractivity contribution in [3.8, 4) is 23.1 Å². The first-order valence-corrected chi connectivity index (χ1v) is 7.62. The number of nitrogens with zero attached hydrogens (tertiary/aromatic N) is 4. The molecule has 1 aromatic carbocycles. The largest absolute Gasteiger partial charge is 0.496 e. The molecule has 0 fully saturated rings. The molecule has 1 N–H and O–H groups in total. The minimum Gasteiger partial charge on any atom is -0.496 e. The van der Waals surface area contributed by atoms with Crippen LogP contribution in [-0.2, 0) is 0 Å². The standard InChI is InChI=1S/C15H13N5O5S/c1-23-12-7-13(24-2)10(20(21)22)6-9(12)8-16-19-14(17-18-15(19)26)11-4-3-5-25-11/h3-8H,1-2H3,(H,18,26)/b16-8-. The maximum absolute atomic E-state index is 11.2. The molecule has 0 spiro atoms. The molecule has 0 bridgehead atoms. The van der Waals surface area contributed by atoms with Gasteiger partial charge in [0, 0.05) is 17.7 Å². The summed E-state index contributed by atoms with van der Waals surface area (Å²) in [4.78, 5) is 10.7. The van der Waals surface area contributed by atoms with Gasteiger partial charge in [0.25, 0.3) is 0 Å². The predicted octanol–water partition coefficient (Wildman–Crippen LogP) is 3.01. The monoisotopic (exact) mass is 375 g/mol. The number of rotatable bonds is 6. The van der Waals surface area contributed by atoms with Gasteiger partial charge in [-0.2, -0.15) is 9.78 Å². The number of methoxy groups -OCH3 is 2. The van der Waals surface area contributed by atoms with Gasteiger partial charge < -0.3 is 13.9 Å². The van der Waals surface area contributed by atoms with Gasteiger partial charge in [0.05, 0.1) is 31.6 Å². The van der Waals surface area contributed by atoms with Crippen molar-refractivity contribution in [2.24, 2.45) is 5.10 Å². The van der Waals surface area contributed by atoms with Crippen molar-refractivity contribution in [3.05, 3.63) is 51.0 Å². The van der Waals surface area contributed by atoms with E-state index in [9.17, 15) is 10.1 Å². The van der Waals surface area contributed by atoms with Gasteiger partial charge in [0.15, 0.2) is 5.76 Å². The zero-order valence-electron chi connectivity index (χ0n) is 13.7. The summed E-state index contributed by atoms with van der Waals surface area (Å²) in [5.74, 6) is 1.26. The van der Waals surface area contributed by atoms with Crippen LogP contribution in [-0.4, -0.2) is 40.2 Å². The van der Waals surface area contributed by atoms with Crippen molar-refractivity contribution in [1.29, 1.82) is 0 Å². The molecular weight excluding hydrogens is 362 g/mol. The van der Waals surface area contributed by atoms with E-state index in [1.165, 1.54) is 43.5 Å². The van der Waals surface area contributed by atoms with Crippen LogP contribution >= 0.6 is 12.2 Å². The third-order valence-corrected chi connectivity index (χ3v) is 3.70. The molecule has 134 valence electrons. The van der Waals surface area contributed by atoms with Crippen LogP contribution in [0.3, 0.4) is 0 Å². The third kappa shape index (κ3) is 3.19. The summed E-state index contributed by atoms with van der Waals surface area (Å²) in [7, 11) is 2.78. The van der Waals surface area contributed by atoms with E-state index in [1.807, 2.05) is 0 Å². The summed E-state index contributed by atoms with van der Waals surface area (Å²) in [5, 5.41) is 22.2. The summed E-state index contributed by atoms with van der Waals surface area (Å²) in [5.41, 5.74) is 0.158. The number of aromatic nitrogens is 3. The van der Waals surface area contributed by atoms with Gasteiger partial charge in [0.2, 0.25) is 16.3 Å². The maximum Gasteiger partial charge on any atom is 0.311 e. The first kappa shape index (κ1) is 17.4. The second-order valence-electron chi connectivity index (χ2n) is 4.91. The predicted molar refractivity (Wildman–Crippen MR) is 94.3 cm³/mol. The molecular formula is C15H13N5O5S. The number of nitrogens with one attached hydrogen (secondary N) is 1. The van der Waals surface area contributed by atoms with E-state index >= 15 is 0 Å². The third-order valence-electron chi connectivity index (χ3n) is 3.43. The number of hydrogen-bond donors (Lipinski definition) is 1. The summed E-state index contributed by atoms with van der Waals surface area (Å²) >= 11 is 5.16. The Bertz CT molecular complexity index is 1020. The second kappa shape index (κ2) is 7.19. The van der Waals surface area contributed by atoms with Crippen molar-refractivity contribution in [2.45, 2.75) is 0 Å². The summed E-state index contributed by atoms with van der Waals surface area (Å²) in [6, 6.07) is 6.13. The molecule has 0 aliphatic heterocycles. The number of ether oxygens (including phenoxy) is 2. The lowest BCUT2D eigenvalue weighted by atomic mass is 10.1. The number of H-pyrrole nitrogens is 1. The van der Waals surface area contributed by atoms with Crippen molar-refractivity contribution in [3.63, 3.8) is 0 Å². The van der Waals surface area contributed by atoms with Crippen LogP contribution in [0, 0.1) is 14.9 Å². The van der Waals surface area contributed by atoms with Crippen LogP contribution in [0.15, 0.2) is 40.0 Å². The van der Waals surface area contributed by atoms with E-state index in [2.05, 4.69) is 15.3 Å². The van der Waals surface area contributed by atoms with Crippen molar-refractivity contribution in [1.82, 2.24) is 14.9 Å². The molecule has 0 aliphatic rings. The number of nitro benzene ring substituents is 1. The Kier molecular flexibility index (Phi) is 4.80. The molecule has 3 rings (SSSR count). The highest BCUT2D eigenvalue weighted by Crippen LogP contribution is 2.33. The van der Waals surface area contributed by atoms with Crippen LogP contribution in [0.2, 0.25) is 0 Å². The lowest BCUT2D eigenvalue weighted by Crippen LogP contribution is -2.00. The van der Waals surface area contributed by atoms with Gasteiger partial charge in [-0.1, -0.05) is 0 Å². The second-order valence-corrected chi connectivity index (χ2v) is 5.30. The Labute approximate surface area is 151 Å². The van der Waals surface area contributed by atoms with Crippen molar-refractivity contribution >= 4 is 24.1 Å². The topological polar surface area (TPSA) is 121 Å². The lowest BCUT2D eigenvalue weighted by Gasteiger charge is -2.08. The molecule has 0 amide bonds. The Morgan fingerprint density at radius 3 is 2.77 bits per heavy atom. The molecule has 0 atom stereocenters. The van der Waals surface area contributed by atoms with E-state index in [1.54, 1.807) is 12.1 Å². The van der Waals surface area contributed by atoms with Crippen molar-refractivity contribution < 1.29 is 18.8 Å². The molecule has 0 saturated carbocycles. The molecule has 0 radical (unpaired) electrons. The summed E-state index contributed by atoms with van der Waals surface area (Å²) in [6.07, 6.45) is 2.88. The number of benzene rings is 1. The zero-order valence-corrected chi connectivity index (χ0v) is 14.5. The van der Waals surface area contributed by atoms with E-state index in [-0.39, 0.29) is 16.2 Å².